The molecule has 0 amide bonds. The summed E-state index contributed by atoms with van der Waals surface area (Å²) in [7, 11) is -3.11. The number of hydrogen-bond donors (Lipinski definition) is 2. The van der Waals surface area contributed by atoms with Crippen LogP contribution in [0.5, 0.6) is 0 Å². The molecule has 15 heavy (non-hydrogen) atoms. The first-order valence-electron chi connectivity index (χ1n) is 5.03. The van der Waals surface area contributed by atoms with E-state index in [1.54, 1.807) is 6.92 Å². The van der Waals surface area contributed by atoms with Gasteiger partial charge >= 0.3 is 0 Å². The first-order chi connectivity index (χ1) is 6.91. The summed E-state index contributed by atoms with van der Waals surface area (Å²) in [6.45, 7) is 4.89. The molecule has 1 atom stereocenters. The lowest BCUT2D eigenvalue weighted by atomic mass is 9.85. The van der Waals surface area contributed by atoms with Crippen molar-refractivity contribution in [3.8, 4) is 0 Å². The number of rotatable bonds is 4. The van der Waals surface area contributed by atoms with E-state index in [0.29, 0.717) is 12.0 Å². The molecule has 0 bridgehead atoms. The number of aliphatic hydroxyl groups is 2. The van der Waals surface area contributed by atoms with E-state index < -0.39 is 20.5 Å². The maximum Gasteiger partial charge on any atom is 0.153 e. The average molecular weight is 234 g/mol. The highest BCUT2D eigenvalue weighted by Crippen LogP contribution is 2.44. The van der Waals surface area contributed by atoms with Crippen LogP contribution in [0.1, 0.15) is 19.8 Å². The van der Waals surface area contributed by atoms with Crippen molar-refractivity contribution in [3.05, 3.63) is 12.2 Å². The van der Waals surface area contributed by atoms with Crippen molar-refractivity contribution < 1.29 is 18.6 Å². The molecule has 0 spiro atoms. The summed E-state index contributed by atoms with van der Waals surface area (Å²) >= 11 is 0. The number of hydrogen-bond acceptors (Lipinski definition) is 4. The second-order valence-corrected chi connectivity index (χ2v) is 6.75. The SMILES string of the molecule is C=C1C[C@@H](S(=O)(=O)CC)CC1(CO)CO. The second-order valence-electron chi connectivity index (χ2n) is 4.18. The fraction of sp³-hybridized carbons (Fsp3) is 0.800. The first-order valence-corrected chi connectivity index (χ1v) is 6.75. The Bertz CT molecular complexity index is 340. The van der Waals surface area contributed by atoms with E-state index in [1.807, 2.05) is 0 Å². The molecule has 1 aliphatic rings. The highest BCUT2D eigenvalue weighted by atomic mass is 32.2. The molecule has 2 N–H and O–H groups in total. The van der Waals surface area contributed by atoms with Crippen molar-refractivity contribution in [2.75, 3.05) is 19.0 Å². The Morgan fingerprint density at radius 2 is 2.00 bits per heavy atom. The van der Waals surface area contributed by atoms with Gasteiger partial charge in [0.25, 0.3) is 0 Å². The summed E-state index contributed by atoms with van der Waals surface area (Å²) in [6, 6.07) is 0. The molecule has 4 nitrogen and oxygen atoms in total. The van der Waals surface area contributed by atoms with Crippen LogP contribution in [0.25, 0.3) is 0 Å². The highest BCUT2D eigenvalue weighted by Gasteiger charge is 2.45. The molecule has 5 heteroatoms. The smallest absolute Gasteiger partial charge is 0.153 e. The zero-order valence-electron chi connectivity index (χ0n) is 8.94. The fourth-order valence-corrected chi connectivity index (χ4v) is 3.54. The van der Waals surface area contributed by atoms with Crippen molar-refractivity contribution in [1.82, 2.24) is 0 Å². The second kappa shape index (κ2) is 4.23. The van der Waals surface area contributed by atoms with Crippen LogP contribution in [0, 0.1) is 5.41 Å². The lowest BCUT2D eigenvalue weighted by Crippen LogP contribution is -2.30. The zero-order chi connectivity index (χ0) is 11.7. The Labute approximate surface area is 90.5 Å². The van der Waals surface area contributed by atoms with Gasteiger partial charge in [-0.05, 0) is 12.8 Å². The predicted molar refractivity (Wildman–Crippen MR) is 58.2 cm³/mol. The molecule has 1 rings (SSSR count). The predicted octanol–water partition coefficient (Wildman–Crippen LogP) is 0.111. The molecule has 0 saturated heterocycles. The van der Waals surface area contributed by atoms with E-state index in [1.165, 1.54) is 0 Å². The average Bonchev–Trinajstić information content (AvgIpc) is 2.57. The van der Waals surface area contributed by atoms with Gasteiger partial charge in [0.1, 0.15) is 0 Å². The molecule has 88 valence electrons. The number of sulfone groups is 1. The van der Waals surface area contributed by atoms with Crippen molar-refractivity contribution in [2.24, 2.45) is 5.41 Å². The van der Waals surface area contributed by atoms with Gasteiger partial charge in [0.15, 0.2) is 9.84 Å². The van der Waals surface area contributed by atoms with E-state index in [0.717, 1.165) is 0 Å². The molecule has 0 aromatic carbocycles. The normalized spacial score (nSPS) is 25.8. The molecule has 0 aliphatic heterocycles. The van der Waals surface area contributed by atoms with E-state index in [4.69, 9.17) is 0 Å². The van der Waals surface area contributed by atoms with Gasteiger partial charge in [0.2, 0.25) is 0 Å². The molecule has 0 radical (unpaired) electrons. The van der Waals surface area contributed by atoms with Gasteiger partial charge in [-0.15, -0.1) is 0 Å². The molecule has 0 aromatic heterocycles. The molecule has 1 saturated carbocycles. The summed E-state index contributed by atoms with van der Waals surface area (Å²) in [5.74, 6) is 0.0951. The van der Waals surface area contributed by atoms with Gasteiger partial charge in [-0.25, -0.2) is 8.42 Å². The van der Waals surface area contributed by atoms with Gasteiger partial charge in [-0.1, -0.05) is 19.1 Å². The van der Waals surface area contributed by atoms with Crippen molar-refractivity contribution >= 4 is 9.84 Å². The van der Waals surface area contributed by atoms with Crippen LogP contribution in [0.2, 0.25) is 0 Å². The van der Waals surface area contributed by atoms with Crippen LogP contribution < -0.4 is 0 Å². The topological polar surface area (TPSA) is 74.6 Å². The summed E-state index contributed by atoms with van der Waals surface area (Å²) in [4.78, 5) is 0. The Morgan fingerprint density at radius 1 is 1.47 bits per heavy atom. The van der Waals surface area contributed by atoms with Crippen LogP contribution in [0.15, 0.2) is 12.2 Å². The van der Waals surface area contributed by atoms with Gasteiger partial charge < -0.3 is 10.2 Å². The third-order valence-corrected chi connectivity index (χ3v) is 5.51. The fourth-order valence-electron chi connectivity index (χ4n) is 2.04. The largest absolute Gasteiger partial charge is 0.395 e. The van der Waals surface area contributed by atoms with Crippen molar-refractivity contribution in [2.45, 2.75) is 25.0 Å². The van der Waals surface area contributed by atoms with Gasteiger partial charge in [-0.2, -0.15) is 0 Å². The first kappa shape index (κ1) is 12.7. The molecule has 0 aromatic rings. The molecule has 0 unspecified atom stereocenters. The van der Waals surface area contributed by atoms with Gasteiger partial charge in [0.05, 0.1) is 18.5 Å². The third-order valence-electron chi connectivity index (χ3n) is 3.36. The lowest BCUT2D eigenvalue weighted by molar-refractivity contribution is 0.0898. The zero-order valence-corrected chi connectivity index (χ0v) is 9.76. The monoisotopic (exact) mass is 234 g/mol. The maximum absolute atomic E-state index is 11.7. The summed E-state index contributed by atoms with van der Waals surface area (Å²) < 4.78 is 23.3. The Morgan fingerprint density at radius 3 is 2.33 bits per heavy atom. The van der Waals surface area contributed by atoms with E-state index in [2.05, 4.69) is 6.58 Å². The van der Waals surface area contributed by atoms with Gasteiger partial charge in [0, 0.05) is 11.2 Å². The molecule has 0 heterocycles. The van der Waals surface area contributed by atoms with Crippen molar-refractivity contribution in [1.29, 1.82) is 0 Å². The Balaban J connectivity index is 2.94. The molecular weight excluding hydrogens is 216 g/mol. The summed E-state index contributed by atoms with van der Waals surface area (Å²) in [6.07, 6.45) is 0.645. The van der Waals surface area contributed by atoms with E-state index in [-0.39, 0.29) is 25.4 Å². The van der Waals surface area contributed by atoms with Crippen LogP contribution >= 0.6 is 0 Å². The van der Waals surface area contributed by atoms with E-state index in [9.17, 15) is 18.6 Å². The maximum atomic E-state index is 11.7. The summed E-state index contributed by atoms with van der Waals surface area (Å²) in [5.41, 5.74) is -0.151. The number of aliphatic hydroxyl groups excluding tert-OH is 2. The van der Waals surface area contributed by atoms with Crippen molar-refractivity contribution in [3.63, 3.8) is 0 Å². The van der Waals surface area contributed by atoms with Crippen LogP contribution in [-0.4, -0.2) is 42.8 Å². The Hall–Kier alpha value is -0.390. The van der Waals surface area contributed by atoms with Crippen LogP contribution in [0.3, 0.4) is 0 Å². The molecule has 1 fully saturated rings. The van der Waals surface area contributed by atoms with Crippen LogP contribution in [-0.2, 0) is 9.84 Å². The minimum absolute atomic E-state index is 0.0951. The van der Waals surface area contributed by atoms with Crippen LogP contribution in [0.4, 0.5) is 0 Å². The minimum atomic E-state index is -3.11. The molecule has 1 aliphatic carbocycles. The van der Waals surface area contributed by atoms with E-state index >= 15 is 0 Å². The highest BCUT2D eigenvalue weighted by molar-refractivity contribution is 7.92. The minimum Gasteiger partial charge on any atom is -0.395 e. The molecular formula is C10H18O4S. The lowest BCUT2D eigenvalue weighted by Gasteiger charge is -2.25. The quantitative estimate of drug-likeness (QED) is 0.677. The standard InChI is InChI=1S/C10H18O4S/c1-3-15(13,14)9-4-8(2)10(5-9,6-11)7-12/h9,11-12H,2-7H2,1H3/t9-/m1/s1. The summed E-state index contributed by atoms with van der Waals surface area (Å²) in [5, 5.41) is 18.0. The third kappa shape index (κ3) is 2.09. The Kier molecular flexibility index (Phi) is 3.58. The van der Waals surface area contributed by atoms with Gasteiger partial charge in [-0.3, -0.25) is 0 Å².